The molecule has 0 radical (unpaired) electrons. The van der Waals surface area contributed by atoms with E-state index in [2.05, 4.69) is 15.3 Å². The molecule has 2 aliphatic rings. The van der Waals surface area contributed by atoms with Crippen LogP contribution in [-0.2, 0) is 6.54 Å². The fourth-order valence-corrected chi connectivity index (χ4v) is 3.42. The molecule has 2 fully saturated rings. The summed E-state index contributed by atoms with van der Waals surface area (Å²) in [4.78, 5) is 18.0. The number of nitrogens with zero attached hydrogens (tertiary/aromatic N) is 2. The van der Waals surface area contributed by atoms with E-state index in [1.807, 2.05) is 6.07 Å². The summed E-state index contributed by atoms with van der Waals surface area (Å²) in [6, 6.07) is 3.59. The van der Waals surface area contributed by atoms with Gasteiger partial charge in [0.15, 0.2) is 0 Å². The number of aromatic nitrogens is 1. The van der Waals surface area contributed by atoms with Gasteiger partial charge in [-0.3, -0.25) is 20.1 Å². The van der Waals surface area contributed by atoms with Crippen molar-refractivity contribution in [2.45, 2.75) is 25.5 Å². The lowest BCUT2D eigenvalue weighted by atomic mass is 10.00. The number of hydrazine groups is 1. The summed E-state index contributed by atoms with van der Waals surface area (Å²) in [5, 5.41) is 9.91. The number of hydrogen-bond acceptors (Lipinski definition) is 5. The molecule has 1 saturated carbocycles. The Morgan fingerprint density at radius 1 is 1.45 bits per heavy atom. The van der Waals surface area contributed by atoms with Crippen LogP contribution in [0.2, 0.25) is 0 Å². The topological polar surface area (TPSA) is 91.5 Å². The Bertz CT molecular complexity index is 490. The molecule has 3 unspecified atom stereocenters. The van der Waals surface area contributed by atoms with Crippen LogP contribution in [-0.4, -0.2) is 40.1 Å². The molecule has 3 atom stereocenters. The molecule has 108 valence electrons. The van der Waals surface area contributed by atoms with Crippen molar-refractivity contribution in [2.24, 2.45) is 17.7 Å². The number of rotatable bonds is 3. The molecule has 1 amide bonds. The fourth-order valence-electron chi connectivity index (χ4n) is 3.42. The standard InChI is InChI=1S/C14H20N4O2/c15-17-14(20)9-1-3-11(16-5-9)7-18-6-10-2-4-13(19)12(10)8-18/h1,3,5,10,12-13,19H,2,4,6-8,15H2,(H,17,20). The number of pyridine rings is 1. The third-order valence-electron chi connectivity index (χ3n) is 4.50. The zero-order valence-electron chi connectivity index (χ0n) is 11.3. The highest BCUT2D eigenvalue weighted by atomic mass is 16.3. The number of amides is 1. The first-order valence-corrected chi connectivity index (χ1v) is 7.03. The third-order valence-corrected chi connectivity index (χ3v) is 4.50. The lowest BCUT2D eigenvalue weighted by Gasteiger charge is -2.17. The zero-order valence-corrected chi connectivity index (χ0v) is 11.3. The number of fused-ring (bicyclic) bond motifs is 1. The van der Waals surface area contributed by atoms with Gasteiger partial charge in [0.1, 0.15) is 0 Å². The molecule has 1 aromatic rings. The highest BCUT2D eigenvalue weighted by molar-refractivity contribution is 5.93. The van der Waals surface area contributed by atoms with Crippen molar-refractivity contribution in [2.75, 3.05) is 13.1 Å². The molecule has 20 heavy (non-hydrogen) atoms. The Morgan fingerprint density at radius 2 is 2.30 bits per heavy atom. The van der Waals surface area contributed by atoms with E-state index in [-0.39, 0.29) is 12.0 Å². The first-order chi connectivity index (χ1) is 9.67. The summed E-state index contributed by atoms with van der Waals surface area (Å²) in [6.45, 7) is 2.75. The fraction of sp³-hybridized carbons (Fsp3) is 0.571. The molecule has 0 bridgehead atoms. The maximum Gasteiger partial charge on any atom is 0.266 e. The monoisotopic (exact) mass is 276 g/mol. The summed E-state index contributed by atoms with van der Waals surface area (Å²) in [5.74, 6) is 5.81. The van der Waals surface area contributed by atoms with Gasteiger partial charge in [-0.2, -0.15) is 0 Å². The second-order valence-electron chi connectivity index (χ2n) is 5.77. The number of carbonyl (C=O) groups is 1. The Morgan fingerprint density at radius 3 is 2.95 bits per heavy atom. The van der Waals surface area contributed by atoms with Gasteiger partial charge in [-0.05, 0) is 30.9 Å². The predicted molar refractivity (Wildman–Crippen MR) is 73.4 cm³/mol. The first-order valence-electron chi connectivity index (χ1n) is 7.03. The second kappa shape index (κ2) is 5.47. The van der Waals surface area contributed by atoms with Crippen molar-refractivity contribution in [1.82, 2.24) is 15.3 Å². The van der Waals surface area contributed by atoms with Gasteiger partial charge in [0.2, 0.25) is 0 Å². The first kappa shape index (κ1) is 13.5. The highest BCUT2D eigenvalue weighted by Crippen LogP contribution is 2.38. The molecular weight excluding hydrogens is 256 g/mol. The number of aliphatic hydroxyl groups is 1. The maximum atomic E-state index is 11.3. The van der Waals surface area contributed by atoms with Gasteiger partial charge < -0.3 is 5.11 Å². The average molecular weight is 276 g/mol. The van der Waals surface area contributed by atoms with Gasteiger partial charge in [-0.25, -0.2) is 5.84 Å². The summed E-state index contributed by atoms with van der Waals surface area (Å²) in [7, 11) is 0. The van der Waals surface area contributed by atoms with E-state index in [0.29, 0.717) is 17.4 Å². The van der Waals surface area contributed by atoms with E-state index in [1.165, 1.54) is 0 Å². The SMILES string of the molecule is NNC(=O)c1ccc(CN2CC3CCC(O)C3C2)nc1. The summed E-state index contributed by atoms with van der Waals surface area (Å²) >= 11 is 0. The number of carbonyl (C=O) groups excluding carboxylic acids is 1. The molecule has 1 saturated heterocycles. The van der Waals surface area contributed by atoms with Crippen LogP contribution in [0.5, 0.6) is 0 Å². The Hall–Kier alpha value is -1.50. The lowest BCUT2D eigenvalue weighted by molar-refractivity contribution is 0.0953. The Kier molecular flexibility index (Phi) is 3.69. The lowest BCUT2D eigenvalue weighted by Crippen LogP contribution is -2.30. The van der Waals surface area contributed by atoms with Crippen molar-refractivity contribution in [3.05, 3.63) is 29.6 Å². The van der Waals surface area contributed by atoms with Crippen LogP contribution < -0.4 is 11.3 Å². The Labute approximate surface area is 117 Å². The van der Waals surface area contributed by atoms with E-state index in [4.69, 9.17) is 5.84 Å². The van der Waals surface area contributed by atoms with Crippen molar-refractivity contribution in [1.29, 1.82) is 0 Å². The molecule has 0 aromatic carbocycles. The molecule has 1 aromatic heterocycles. The number of hydrogen-bond donors (Lipinski definition) is 3. The van der Waals surface area contributed by atoms with Crippen LogP contribution in [0.4, 0.5) is 0 Å². The largest absolute Gasteiger partial charge is 0.393 e. The smallest absolute Gasteiger partial charge is 0.266 e. The molecule has 1 aliphatic heterocycles. The van der Waals surface area contributed by atoms with Crippen LogP contribution in [0.25, 0.3) is 0 Å². The molecule has 0 spiro atoms. The maximum absolute atomic E-state index is 11.3. The normalized spacial score (nSPS) is 29.4. The van der Waals surface area contributed by atoms with Gasteiger partial charge in [-0.1, -0.05) is 0 Å². The van der Waals surface area contributed by atoms with Crippen LogP contribution in [0, 0.1) is 11.8 Å². The molecule has 6 nitrogen and oxygen atoms in total. The van der Waals surface area contributed by atoms with Crippen molar-refractivity contribution in [3.63, 3.8) is 0 Å². The number of nitrogens with two attached hydrogens (primary N) is 1. The average Bonchev–Trinajstić information content (AvgIpc) is 3.01. The third kappa shape index (κ3) is 2.54. The van der Waals surface area contributed by atoms with Gasteiger partial charge >= 0.3 is 0 Å². The van der Waals surface area contributed by atoms with E-state index >= 15 is 0 Å². The van der Waals surface area contributed by atoms with Crippen molar-refractivity contribution < 1.29 is 9.90 Å². The predicted octanol–water partition coefficient (Wildman–Crippen LogP) is -0.112. The quantitative estimate of drug-likeness (QED) is 0.407. The van der Waals surface area contributed by atoms with Gasteiger partial charge in [-0.15, -0.1) is 0 Å². The highest BCUT2D eigenvalue weighted by Gasteiger charge is 2.41. The molecule has 1 aliphatic carbocycles. The van der Waals surface area contributed by atoms with E-state index < -0.39 is 0 Å². The van der Waals surface area contributed by atoms with E-state index in [9.17, 15) is 9.90 Å². The van der Waals surface area contributed by atoms with Gasteiger partial charge in [0.25, 0.3) is 5.91 Å². The summed E-state index contributed by atoms with van der Waals surface area (Å²) in [5.41, 5.74) is 3.49. The minimum absolute atomic E-state index is 0.131. The van der Waals surface area contributed by atoms with Crippen molar-refractivity contribution in [3.8, 4) is 0 Å². The molecular formula is C14H20N4O2. The molecule has 2 heterocycles. The molecule has 4 N–H and O–H groups in total. The summed E-state index contributed by atoms with van der Waals surface area (Å²) < 4.78 is 0. The number of nitrogens with one attached hydrogen (secondary N) is 1. The van der Waals surface area contributed by atoms with Gasteiger partial charge in [0.05, 0.1) is 17.4 Å². The van der Waals surface area contributed by atoms with Crippen LogP contribution in [0.3, 0.4) is 0 Å². The number of nitrogen functional groups attached to an aromatic ring is 1. The second-order valence-corrected chi connectivity index (χ2v) is 5.77. The van der Waals surface area contributed by atoms with Crippen LogP contribution >= 0.6 is 0 Å². The van der Waals surface area contributed by atoms with Crippen LogP contribution in [0.15, 0.2) is 18.3 Å². The minimum atomic E-state index is -0.331. The summed E-state index contributed by atoms with van der Waals surface area (Å²) in [6.07, 6.45) is 3.49. The molecule has 6 heteroatoms. The zero-order chi connectivity index (χ0) is 14.1. The Balaban J connectivity index is 1.60. The number of likely N-dealkylation sites (tertiary alicyclic amines) is 1. The van der Waals surface area contributed by atoms with E-state index in [1.54, 1.807) is 12.3 Å². The van der Waals surface area contributed by atoms with Crippen LogP contribution in [0.1, 0.15) is 28.9 Å². The molecule has 3 rings (SSSR count). The van der Waals surface area contributed by atoms with E-state index in [0.717, 1.165) is 38.2 Å². The van der Waals surface area contributed by atoms with Crippen molar-refractivity contribution >= 4 is 5.91 Å². The number of aliphatic hydroxyl groups excluding tert-OH is 1. The minimum Gasteiger partial charge on any atom is -0.393 e. The van der Waals surface area contributed by atoms with Gasteiger partial charge in [0, 0.05) is 31.7 Å².